The van der Waals surface area contributed by atoms with E-state index in [1.54, 1.807) is 6.08 Å². The number of aromatic nitrogens is 3. The molecule has 0 aliphatic carbocycles. The van der Waals surface area contributed by atoms with Gasteiger partial charge in [0.1, 0.15) is 0 Å². The summed E-state index contributed by atoms with van der Waals surface area (Å²) in [4.78, 5) is 12.4. The molecular weight excluding hydrogens is 246 g/mol. The Morgan fingerprint density at radius 3 is 2.72 bits per heavy atom. The number of hydrogen-bond acceptors (Lipinski definition) is 6. The molecule has 0 aliphatic heterocycles. The first-order valence-corrected chi connectivity index (χ1v) is 6.34. The maximum Gasteiger partial charge on any atom is 0.233 e. The van der Waals surface area contributed by atoms with Crippen LogP contribution in [-0.4, -0.2) is 20.7 Å². The molecule has 1 aromatic heterocycles. The molecule has 1 aromatic carbocycles. The van der Waals surface area contributed by atoms with E-state index in [1.807, 2.05) is 30.3 Å². The lowest BCUT2D eigenvalue weighted by molar-refractivity contribution is 0.926. The molecule has 0 aliphatic rings. The van der Waals surface area contributed by atoms with Gasteiger partial charge in [-0.2, -0.15) is 15.0 Å². The van der Waals surface area contributed by atoms with Crippen molar-refractivity contribution in [2.75, 3.05) is 16.8 Å². The fourth-order valence-corrected chi connectivity index (χ4v) is 1.85. The molecule has 0 amide bonds. The van der Waals surface area contributed by atoms with Gasteiger partial charge in [0.15, 0.2) is 5.16 Å². The van der Waals surface area contributed by atoms with Crippen molar-refractivity contribution in [3.63, 3.8) is 0 Å². The average Bonchev–Trinajstić information content (AvgIpc) is 2.37. The normalized spacial score (nSPS) is 10.0. The SMILES string of the molecule is C=CCSc1nc(N)nc(Nc2ccccc2)n1. The maximum absolute atomic E-state index is 5.64. The first kappa shape index (κ1) is 12.4. The Hall–Kier alpha value is -2.08. The van der Waals surface area contributed by atoms with E-state index in [0.29, 0.717) is 11.1 Å². The second-order valence-electron chi connectivity index (χ2n) is 3.39. The predicted octanol–water partition coefficient (Wildman–Crippen LogP) is 2.48. The minimum atomic E-state index is 0.204. The minimum absolute atomic E-state index is 0.204. The summed E-state index contributed by atoms with van der Waals surface area (Å²) < 4.78 is 0. The Labute approximate surface area is 110 Å². The van der Waals surface area contributed by atoms with Crippen molar-refractivity contribution < 1.29 is 0 Å². The van der Waals surface area contributed by atoms with Gasteiger partial charge in [-0.3, -0.25) is 0 Å². The largest absolute Gasteiger partial charge is 0.368 e. The Kier molecular flexibility index (Phi) is 4.14. The van der Waals surface area contributed by atoms with Crippen molar-refractivity contribution in [2.24, 2.45) is 0 Å². The fraction of sp³-hybridized carbons (Fsp3) is 0.0833. The molecule has 0 spiro atoms. The molecule has 0 bridgehead atoms. The van der Waals surface area contributed by atoms with Crippen molar-refractivity contribution in [1.29, 1.82) is 0 Å². The zero-order valence-corrected chi connectivity index (χ0v) is 10.5. The third kappa shape index (κ3) is 3.46. The highest BCUT2D eigenvalue weighted by Gasteiger charge is 2.04. The third-order valence-electron chi connectivity index (χ3n) is 1.99. The molecule has 0 saturated carbocycles. The van der Waals surface area contributed by atoms with Gasteiger partial charge in [-0.1, -0.05) is 36.0 Å². The first-order chi connectivity index (χ1) is 8.78. The van der Waals surface area contributed by atoms with Crippen LogP contribution in [0, 0.1) is 0 Å². The summed E-state index contributed by atoms with van der Waals surface area (Å²) >= 11 is 1.46. The van der Waals surface area contributed by atoms with Gasteiger partial charge in [0.2, 0.25) is 11.9 Å². The minimum Gasteiger partial charge on any atom is -0.368 e. The number of nitrogens with zero attached hydrogens (tertiary/aromatic N) is 3. The highest BCUT2D eigenvalue weighted by Crippen LogP contribution is 2.17. The lowest BCUT2D eigenvalue weighted by atomic mass is 10.3. The zero-order chi connectivity index (χ0) is 12.8. The Bertz CT molecular complexity index is 529. The number of nitrogens with two attached hydrogens (primary N) is 1. The van der Waals surface area contributed by atoms with E-state index < -0.39 is 0 Å². The van der Waals surface area contributed by atoms with Gasteiger partial charge in [-0.15, -0.1) is 6.58 Å². The van der Waals surface area contributed by atoms with Gasteiger partial charge in [-0.25, -0.2) is 0 Å². The molecule has 0 fully saturated rings. The highest BCUT2D eigenvalue weighted by atomic mass is 32.2. The molecular formula is C12H13N5S. The quantitative estimate of drug-likeness (QED) is 0.634. The number of thioether (sulfide) groups is 1. The number of hydrogen-bond donors (Lipinski definition) is 2. The summed E-state index contributed by atoms with van der Waals surface area (Å²) in [5, 5.41) is 3.66. The highest BCUT2D eigenvalue weighted by molar-refractivity contribution is 7.99. The molecule has 0 atom stereocenters. The van der Waals surface area contributed by atoms with Crippen molar-refractivity contribution >= 4 is 29.3 Å². The lowest BCUT2D eigenvalue weighted by Gasteiger charge is -2.06. The molecule has 1 heterocycles. The van der Waals surface area contributed by atoms with Crippen molar-refractivity contribution in [1.82, 2.24) is 15.0 Å². The number of nitrogen functional groups attached to an aromatic ring is 1. The smallest absolute Gasteiger partial charge is 0.233 e. The number of para-hydroxylation sites is 1. The molecule has 0 unspecified atom stereocenters. The van der Waals surface area contributed by atoms with Crippen LogP contribution in [0.1, 0.15) is 0 Å². The van der Waals surface area contributed by atoms with Crippen molar-refractivity contribution in [3.8, 4) is 0 Å². The summed E-state index contributed by atoms with van der Waals surface area (Å²) in [6.07, 6.45) is 1.79. The summed E-state index contributed by atoms with van der Waals surface area (Å²) in [6.45, 7) is 3.65. The summed E-state index contributed by atoms with van der Waals surface area (Å²) in [7, 11) is 0. The second kappa shape index (κ2) is 6.02. The van der Waals surface area contributed by atoms with Gasteiger partial charge in [-0.05, 0) is 12.1 Å². The van der Waals surface area contributed by atoms with Crippen LogP contribution in [0.25, 0.3) is 0 Å². The molecule has 92 valence electrons. The van der Waals surface area contributed by atoms with E-state index in [9.17, 15) is 0 Å². The van der Waals surface area contributed by atoms with Crippen LogP contribution in [0.4, 0.5) is 17.6 Å². The van der Waals surface area contributed by atoms with Crippen LogP contribution in [-0.2, 0) is 0 Å². The topological polar surface area (TPSA) is 76.7 Å². The average molecular weight is 259 g/mol. The molecule has 2 aromatic rings. The first-order valence-electron chi connectivity index (χ1n) is 5.35. The van der Waals surface area contributed by atoms with Gasteiger partial charge in [0.05, 0.1) is 0 Å². The van der Waals surface area contributed by atoms with Gasteiger partial charge in [0.25, 0.3) is 0 Å². The molecule has 3 N–H and O–H groups in total. The van der Waals surface area contributed by atoms with Crippen molar-refractivity contribution in [2.45, 2.75) is 5.16 Å². The Balaban J connectivity index is 2.17. The molecule has 5 nitrogen and oxygen atoms in total. The number of benzene rings is 1. The van der Waals surface area contributed by atoms with Crippen molar-refractivity contribution in [3.05, 3.63) is 43.0 Å². The molecule has 6 heteroatoms. The van der Waals surface area contributed by atoms with E-state index in [1.165, 1.54) is 11.8 Å². The van der Waals surface area contributed by atoms with E-state index in [2.05, 4.69) is 26.8 Å². The monoisotopic (exact) mass is 259 g/mol. The van der Waals surface area contributed by atoms with E-state index in [0.717, 1.165) is 11.4 Å². The van der Waals surface area contributed by atoms with E-state index in [-0.39, 0.29) is 5.95 Å². The number of nitrogens with one attached hydrogen (secondary N) is 1. The second-order valence-corrected chi connectivity index (χ2v) is 4.38. The molecule has 0 saturated heterocycles. The van der Waals surface area contributed by atoms with Crippen LogP contribution in [0.5, 0.6) is 0 Å². The van der Waals surface area contributed by atoms with Gasteiger partial charge >= 0.3 is 0 Å². The van der Waals surface area contributed by atoms with Crippen LogP contribution in [0.3, 0.4) is 0 Å². The predicted molar refractivity (Wildman–Crippen MR) is 74.9 cm³/mol. The molecule has 18 heavy (non-hydrogen) atoms. The number of rotatable bonds is 5. The summed E-state index contributed by atoms with van der Waals surface area (Å²) in [5.41, 5.74) is 6.55. The Morgan fingerprint density at radius 1 is 1.22 bits per heavy atom. The van der Waals surface area contributed by atoms with Crippen LogP contribution >= 0.6 is 11.8 Å². The van der Waals surface area contributed by atoms with Gasteiger partial charge < -0.3 is 11.1 Å². The Morgan fingerprint density at radius 2 is 2.00 bits per heavy atom. The van der Waals surface area contributed by atoms with E-state index in [4.69, 9.17) is 5.73 Å². The number of anilines is 3. The summed E-state index contributed by atoms with van der Waals surface area (Å²) in [6, 6.07) is 9.66. The fourth-order valence-electron chi connectivity index (χ4n) is 1.28. The van der Waals surface area contributed by atoms with Crippen LogP contribution < -0.4 is 11.1 Å². The molecule has 2 rings (SSSR count). The van der Waals surface area contributed by atoms with Crippen LogP contribution in [0.2, 0.25) is 0 Å². The third-order valence-corrected chi connectivity index (χ3v) is 2.84. The summed E-state index contributed by atoms with van der Waals surface area (Å²) in [5.74, 6) is 1.38. The zero-order valence-electron chi connectivity index (χ0n) is 9.71. The maximum atomic E-state index is 5.64. The van der Waals surface area contributed by atoms with Gasteiger partial charge in [0, 0.05) is 11.4 Å². The molecule has 0 radical (unpaired) electrons. The van der Waals surface area contributed by atoms with Crippen LogP contribution in [0.15, 0.2) is 48.1 Å². The standard InChI is InChI=1S/C12H13N5S/c1-2-8-18-12-16-10(13)15-11(17-12)14-9-6-4-3-5-7-9/h2-7H,1,8H2,(H3,13,14,15,16,17). The van der Waals surface area contributed by atoms with E-state index >= 15 is 0 Å². The lowest BCUT2D eigenvalue weighted by Crippen LogP contribution is -2.04.